The van der Waals surface area contributed by atoms with E-state index < -0.39 is 8.30 Å². The molecular weight excluding hydrogens is 265 g/mol. The number of rotatable bonds is 14. The third-order valence-corrected chi connectivity index (χ3v) is 3.32. The van der Waals surface area contributed by atoms with Gasteiger partial charge in [-0.15, -0.1) is 4.91 Å². The monoisotopic (exact) mass is 293 g/mol. The predicted octanol–water partition coefficient (Wildman–Crippen LogP) is 3.96. The van der Waals surface area contributed by atoms with Crippen LogP contribution in [0.15, 0.2) is 4.95 Å². The van der Waals surface area contributed by atoms with Gasteiger partial charge in [0.1, 0.15) is 0 Å². The molecule has 0 amide bonds. The van der Waals surface area contributed by atoms with Crippen molar-refractivity contribution in [3.05, 3.63) is 4.91 Å². The lowest BCUT2D eigenvalue weighted by Gasteiger charge is -2.07. The largest absolute Gasteiger partial charge is 0.379 e. The lowest BCUT2D eigenvalue weighted by Crippen LogP contribution is -2.07. The highest BCUT2D eigenvalue weighted by molar-refractivity contribution is 7.50. The molecule has 0 bridgehead atoms. The SMILES string of the molecule is CC(C)CCOCCOCCCCCOP(C)N=O. The average Bonchev–Trinajstić information content (AvgIpc) is 2.39. The number of hydrogen-bond acceptors (Lipinski definition) is 5. The van der Waals surface area contributed by atoms with Gasteiger partial charge >= 0.3 is 0 Å². The van der Waals surface area contributed by atoms with E-state index in [-0.39, 0.29) is 0 Å². The van der Waals surface area contributed by atoms with Crippen LogP contribution in [0.5, 0.6) is 0 Å². The van der Waals surface area contributed by atoms with E-state index in [1.807, 2.05) is 0 Å². The molecule has 0 saturated heterocycles. The Morgan fingerprint density at radius 1 is 0.947 bits per heavy atom. The van der Waals surface area contributed by atoms with Crippen LogP contribution in [0.2, 0.25) is 0 Å². The molecule has 0 aromatic carbocycles. The molecule has 0 aliphatic heterocycles. The molecule has 114 valence electrons. The second kappa shape index (κ2) is 14.3. The van der Waals surface area contributed by atoms with Crippen molar-refractivity contribution < 1.29 is 14.0 Å². The Morgan fingerprint density at radius 3 is 2.21 bits per heavy atom. The molecule has 0 aliphatic carbocycles. The fourth-order valence-electron chi connectivity index (χ4n) is 1.34. The summed E-state index contributed by atoms with van der Waals surface area (Å²) in [6.45, 7) is 9.65. The van der Waals surface area contributed by atoms with Crippen molar-refractivity contribution in [2.75, 3.05) is 39.7 Å². The van der Waals surface area contributed by atoms with Crippen molar-refractivity contribution in [3.8, 4) is 0 Å². The summed E-state index contributed by atoms with van der Waals surface area (Å²) in [4.78, 5) is 12.9. The topological polar surface area (TPSA) is 57.1 Å². The van der Waals surface area contributed by atoms with Gasteiger partial charge in [-0.2, -0.15) is 0 Å². The summed E-state index contributed by atoms with van der Waals surface area (Å²) in [6, 6.07) is 0. The van der Waals surface area contributed by atoms with Gasteiger partial charge in [0.2, 0.25) is 0 Å². The molecule has 0 aromatic heterocycles. The molecule has 0 radical (unpaired) electrons. The van der Waals surface area contributed by atoms with Crippen LogP contribution < -0.4 is 0 Å². The molecule has 5 nitrogen and oxygen atoms in total. The van der Waals surface area contributed by atoms with Crippen molar-refractivity contribution in [1.82, 2.24) is 0 Å². The Kier molecular flexibility index (Phi) is 14.3. The lowest BCUT2D eigenvalue weighted by atomic mass is 10.1. The molecule has 0 N–H and O–H groups in total. The van der Waals surface area contributed by atoms with Gasteiger partial charge in [0.25, 0.3) is 0 Å². The Hall–Kier alpha value is -0.0900. The zero-order chi connectivity index (χ0) is 14.3. The maximum Gasteiger partial charge on any atom is 0.197 e. The van der Waals surface area contributed by atoms with Crippen LogP contribution in [0.25, 0.3) is 0 Å². The third kappa shape index (κ3) is 15.9. The quantitative estimate of drug-likeness (QED) is 0.276. The Labute approximate surface area is 118 Å². The van der Waals surface area contributed by atoms with E-state index in [1.54, 1.807) is 6.66 Å². The Bertz CT molecular complexity index is 205. The smallest absolute Gasteiger partial charge is 0.197 e. The molecular formula is C13H28NO4P. The number of unbranched alkanes of at least 4 members (excludes halogenated alkanes) is 2. The van der Waals surface area contributed by atoms with E-state index in [0.29, 0.717) is 25.7 Å². The molecule has 0 saturated carbocycles. The van der Waals surface area contributed by atoms with Gasteiger partial charge in [0, 0.05) is 19.9 Å². The van der Waals surface area contributed by atoms with Gasteiger partial charge in [-0.25, -0.2) is 0 Å². The minimum Gasteiger partial charge on any atom is -0.379 e. The van der Waals surface area contributed by atoms with Crippen LogP contribution in [-0.2, 0) is 14.0 Å². The van der Waals surface area contributed by atoms with Crippen LogP contribution >= 0.6 is 8.30 Å². The van der Waals surface area contributed by atoms with Gasteiger partial charge in [0.05, 0.1) is 19.8 Å². The summed E-state index contributed by atoms with van der Waals surface area (Å²) >= 11 is 0. The molecule has 19 heavy (non-hydrogen) atoms. The van der Waals surface area contributed by atoms with Crippen molar-refractivity contribution in [2.24, 2.45) is 10.9 Å². The van der Waals surface area contributed by atoms with Gasteiger partial charge in [-0.3, -0.25) is 0 Å². The molecule has 1 atom stereocenters. The minimum atomic E-state index is -1.10. The van der Waals surface area contributed by atoms with E-state index in [2.05, 4.69) is 18.8 Å². The van der Waals surface area contributed by atoms with Crippen LogP contribution in [0, 0.1) is 10.8 Å². The van der Waals surface area contributed by atoms with Gasteiger partial charge in [0.15, 0.2) is 8.30 Å². The van der Waals surface area contributed by atoms with E-state index in [4.69, 9.17) is 14.0 Å². The minimum absolute atomic E-state index is 0.617. The van der Waals surface area contributed by atoms with Crippen molar-refractivity contribution in [1.29, 1.82) is 0 Å². The molecule has 0 aliphatic rings. The van der Waals surface area contributed by atoms with E-state index in [0.717, 1.165) is 38.9 Å². The summed E-state index contributed by atoms with van der Waals surface area (Å²) in [5, 5.41) is 0. The number of hydrogen-bond donors (Lipinski definition) is 0. The normalized spacial score (nSPS) is 12.8. The first-order valence-corrected chi connectivity index (χ1v) is 8.68. The first-order valence-electron chi connectivity index (χ1n) is 7.02. The number of ether oxygens (including phenoxy) is 2. The summed E-state index contributed by atoms with van der Waals surface area (Å²) < 4.78 is 16.1. The van der Waals surface area contributed by atoms with Gasteiger partial charge < -0.3 is 14.0 Å². The summed E-state index contributed by atoms with van der Waals surface area (Å²) in [5.41, 5.74) is 0. The molecule has 0 fully saturated rings. The Balaban J connectivity index is 3.01. The summed E-state index contributed by atoms with van der Waals surface area (Å²) in [5.74, 6) is 0.696. The molecule has 0 heterocycles. The van der Waals surface area contributed by atoms with E-state index in [1.165, 1.54) is 0 Å². The highest BCUT2D eigenvalue weighted by atomic mass is 31.2. The first-order chi connectivity index (χ1) is 9.16. The van der Waals surface area contributed by atoms with Gasteiger partial charge in [-0.05, 0) is 36.5 Å². The molecule has 0 spiro atoms. The fourth-order valence-corrected chi connectivity index (χ4v) is 1.78. The van der Waals surface area contributed by atoms with Crippen LogP contribution in [0.1, 0.15) is 39.5 Å². The molecule has 1 unspecified atom stereocenters. The van der Waals surface area contributed by atoms with Crippen LogP contribution in [0.4, 0.5) is 0 Å². The third-order valence-electron chi connectivity index (χ3n) is 2.54. The van der Waals surface area contributed by atoms with Crippen molar-refractivity contribution in [3.63, 3.8) is 0 Å². The maximum absolute atomic E-state index is 10.1. The summed E-state index contributed by atoms with van der Waals surface area (Å²) in [7, 11) is -1.10. The van der Waals surface area contributed by atoms with Crippen molar-refractivity contribution in [2.45, 2.75) is 39.5 Å². The first kappa shape index (κ1) is 18.9. The standard InChI is InChI=1S/C13H28NO4P/c1-13(2)7-10-17-12-11-16-8-5-4-6-9-18-19(3)14-15/h13H,4-12H2,1-3H3. The fraction of sp³-hybridized carbons (Fsp3) is 1.00. The maximum atomic E-state index is 10.1. The highest BCUT2D eigenvalue weighted by Crippen LogP contribution is 2.32. The summed E-state index contributed by atoms with van der Waals surface area (Å²) in [6.07, 6.45) is 4.13. The zero-order valence-corrected chi connectivity index (χ0v) is 13.4. The van der Waals surface area contributed by atoms with Crippen LogP contribution in [-0.4, -0.2) is 39.7 Å². The van der Waals surface area contributed by atoms with Crippen LogP contribution in [0.3, 0.4) is 0 Å². The molecule has 6 heteroatoms. The lowest BCUT2D eigenvalue weighted by molar-refractivity contribution is 0.0425. The van der Waals surface area contributed by atoms with E-state index in [9.17, 15) is 4.91 Å². The van der Waals surface area contributed by atoms with Gasteiger partial charge in [-0.1, -0.05) is 13.8 Å². The second-order valence-corrected chi connectivity index (χ2v) is 6.20. The van der Waals surface area contributed by atoms with E-state index >= 15 is 0 Å². The zero-order valence-electron chi connectivity index (χ0n) is 12.5. The predicted molar refractivity (Wildman–Crippen MR) is 79.5 cm³/mol. The second-order valence-electron chi connectivity index (χ2n) is 4.85. The number of nitrogens with zero attached hydrogens (tertiary/aromatic N) is 1. The molecule has 0 aromatic rings. The highest BCUT2D eigenvalue weighted by Gasteiger charge is 1.99. The number of nitroso groups, excluding NO2 is 1. The Morgan fingerprint density at radius 2 is 1.58 bits per heavy atom. The van der Waals surface area contributed by atoms with Crippen molar-refractivity contribution >= 4 is 8.30 Å². The average molecular weight is 293 g/mol. The molecule has 0 rings (SSSR count).